The van der Waals surface area contributed by atoms with E-state index in [-0.39, 0.29) is 37.2 Å². The number of para-hydroxylation sites is 1. The summed E-state index contributed by atoms with van der Waals surface area (Å²) in [5.74, 6) is 0.327. The van der Waals surface area contributed by atoms with Gasteiger partial charge in [0.25, 0.3) is 0 Å². The lowest BCUT2D eigenvalue weighted by Crippen LogP contribution is -2.47. The van der Waals surface area contributed by atoms with Crippen molar-refractivity contribution in [2.45, 2.75) is 36.2 Å². The van der Waals surface area contributed by atoms with Gasteiger partial charge in [-0.3, -0.25) is 4.90 Å². The van der Waals surface area contributed by atoms with Crippen molar-refractivity contribution in [3.8, 4) is 11.5 Å². The number of ether oxygens (including phenoxy) is 1. The van der Waals surface area contributed by atoms with Gasteiger partial charge in [0.15, 0.2) is 11.5 Å². The molecule has 1 fully saturated rings. The van der Waals surface area contributed by atoms with E-state index in [0.29, 0.717) is 42.1 Å². The molecule has 1 saturated heterocycles. The molecule has 3 aromatic carbocycles. The van der Waals surface area contributed by atoms with E-state index in [1.807, 2.05) is 49.1 Å². The summed E-state index contributed by atoms with van der Waals surface area (Å²) in [5.41, 5.74) is 2.10. The van der Waals surface area contributed by atoms with Crippen LogP contribution in [0.2, 0.25) is 0 Å². The molecule has 8 nitrogen and oxygen atoms in total. The second kappa shape index (κ2) is 18.7. The van der Waals surface area contributed by atoms with Gasteiger partial charge in [0, 0.05) is 66.6 Å². The minimum Gasteiger partial charge on any atom is -0.504 e. The molecule has 14 heteroatoms. The first kappa shape index (κ1) is 41.0. The lowest BCUT2D eigenvalue weighted by atomic mass is 10.1. The van der Waals surface area contributed by atoms with Gasteiger partial charge in [-0.05, 0) is 75.4 Å². The molecule has 0 unspecified atom stereocenters. The summed E-state index contributed by atoms with van der Waals surface area (Å²) in [6.45, 7) is 10.6. The molecule has 2 aliphatic rings. The fraction of sp³-hybridized carbons (Fsp3) is 0.361. The highest BCUT2D eigenvalue weighted by atomic mass is 35.5. The number of β-amino-alcohol motifs (C(OH)–C–C–N with tert-alkyl or cyclic N) is 1. The van der Waals surface area contributed by atoms with E-state index >= 15 is 0 Å². The van der Waals surface area contributed by atoms with Crippen LogP contribution >= 0.6 is 36.6 Å². The van der Waals surface area contributed by atoms with E-state index in [9.17, 15) is 23.1 Å². The molecule has 0 saturated carbocycles. The molecule has 0 radical (unpaired) electrons. The van der Waals surface area contributed by atoms with E-state index in [4.69, 9.17) is 14.3 Å². The van der Waals surface area contributed by atoms with Crippen molar-refractivity contribution in [1.29, 1.82) is 0 Å². The summed E-state index contributed by atoms with van der Waals surface area (Å²) >= 11 is 1.53. The Hall–Kier alpha value is -3.39. The smallest absolute Gasteiger partial charge is 0.416 e. The van der Waals surface area contributed by atoms with Crippen molar-refractivity contribution in [2.24, 2.45) is 0 Å². The molecule has 0 atom stereocenters. The molecule has 0 bridgehead atoms. The van der Waals surface area contributed by atoms with Gasteiger partial charge in [-0.25, -0.2) is 4.79 Å². The Labute approximate surface area is 306 Å². The lowest BCUT2D eigenvalue weighted by molar-refractivity contribution is -0.137. The number of benzene rings is 3. The van der Waals surface area contributed by atoms with Crippen molar-refractivity contribution in [1.82, 2.24) is 9.80 Å². The molecule has 272 valence electrons. The number of phenolic OH excluding ortho intramolecular Hbond substituents is 1. The van der Waals surface area contributed by atoms with Crippen LogP contribution in [-0.4, -0.2) is 79.0 Å². The highest BCUT2D eigenvalue weighted by Gasteiger charge is 2.33. The average molecular weight is 757 g/mol. The molecule has 4 aromatic rings. The maximum absolute atomic E-state index is 13.3. The predicted octanol–water partition coefficient (Wildman–Crippen LogP) is 8.00. The summed E-state index contributed by atoms with van der Waals surface area (Å²) in [4.78, 5) is 19.7. The number of hydrogen-bond donors (Lipinski definition) is 2. The van der Waals surface area contributed by atoms with Gasteiger partial charge in [0.05, 0.1) is 23.5 Å². The van der Waals surface area contributed by atoms with Crippen LogP contribution in [-0.2, 0) is 6.18 Å². The van der Waals surface area contributed by atoms with Crippen molar-refractivity contribution in [2.75, 3.05) is 63.9 Å². The highest BCUT2D eigenvalue weighted by molar-refractivity contribution is 7.99. The molecule has 3 heterocycles. The number of piperazine rings is 1. The number of aromatic hydroxyl groups is 1. The topological polar surface area (TPSA) is 89.6 Å². The van der Waals surface area contributed by atoms with E-state index in [0.717, 1.165) is 60.2 Å². The van der Waals surface area contributed by atoms with E-state index in [2.05, 4.69) is 9.80 Å². The number of anilines is 2. The van der Waals surface area contributed by atoms with Gasteiger partial charge in [-0.1, -0.05) is 29.5 Å². The number of hydrogen-bond acceptors (Lipinski definition) is 9. The third-order valence-electron chi connectivity index (χ3n) is 8.12. The van der Waals surface area contributed by atoms with Crippen LogP contribution in [0.4, 0.5) is 24.5 Å². The van der Waals surface area contributed by atoms with Crippen LogP contribution in [0.1, 0.15) is 25.8 Å². The van der Waals surface area contributed by atoms with Crippen molar-refractivity contribution in [3.63, 3.8) is 0 Å². The van der Waals surface area contributed by atoms with Gasteiger partial charge in [0.1, 0.15) is 12.2 Å². The SMILES string of the molecule is CC(C)=CCOc1cc2oc(=O)ccc2cc1O.Cl.Cl.OCCN1CCN(CCCN2c3ccccc3Sc3ccc(C(F)(F)F)cc32)CC1. The maximum Gasteiger partial charge on any atom is 0.416 e. The van der Waals surface area contributed by atoms with E-state index in [1.165, 1.54) is 42.1 Å². The minimum absolute atomic E-state index is 0. The number of phenols is 1. The van der Waals surface area contributed by atoms with Crippen LogP contribution in [0.5, 0.6) is 11.5 Å². The number of aliphatic hydroxyl groups excluding tert-OH is 1. The first-order chi connectivity index (χ1) is 23.0. The zero-order chi connectivity index (χ0) is 34.3. The monoisotopic (exact) mass is 755 g/mol. The maximum atomic E-state index is 13.3. The third-order valence-corrected chi connectivity index (χ3v) is 9.25. The largest absolute Gasteiger partial charge is 0.504 e. The van der Waals surface area contributed by atoms with Gasteiger partial charge >= 0.3 is 11.8 Å². The Morgan fingerprint density at radius 2 is 1.58 bits per heavy atom. The fourth-order valence-electron chi connectivity index (χ4n) is 5.58. The van der Waals surface area contributed by atoms with Gasteiger partial charge in [-0.15, -0.1) is 24.8 Å². The number of alkyl halides is 3. The van der Waals surface area contributed by atoms with E-state index < -0.39 is 17.4 Å². The third kappa shape index (κ3) is 10.8. The summed E-state index contributed by atoms with van der Waals surface area (Å²) in [6.07, 6.45) is -1.59. The zero-order valence-corrected chi connectivity index (χ0v) is 30.3. The van der Waals surface area contributed by atoms with Crippen LogP contribution < -0.4 is 15.3 Å². The first-order valence-electron chi connectivity index (χ1n) is 15.9. The first-order valence-corrected chi connectivity index (χ1v) is 16.7. The molecule has 0 aliphatic carbocycles. The fourth-order valence-corrected chi connectivity index (χ4v) is 6.65. The normalized spacial score (nSPS) is 14.3. The van der Waals surface area contributed by atoms with Crippen molar-refractivity contribution < 1.29 is 32.5 Å². The summed E-state index contributed by atoms with van der Waals surface area (Å²) < 4.78 is 50.4. The van der Waals surface area contributed by atoms with Crippen molar-refractivity contribution >= 4 is 58.9 Å². The Morgan fingerprint density at radius 3 is 2.26 bits per heavy atom. The van der Waals surface area contributed by atoms with Gasteiger partial charge < -0.3 is 29.2 Å². The molecule has 50 heavy (non-hydrogen) atoms. The number of halogens is 5. The van der Waals surface area contributed by atoms with Gasteiger partial charge in [-0.2, -0.15) is 13.2 Å². The van der Waals surface area contributed by atoms with Crippen LogP contribution in [0.3, 0.4) is 0 Å². The quantitative estimate of drug-likeness (QED) is 0.130. The second-order valence-corrected chi connectivity index (χ2v) is 13.0. The number of fused-ring (bicyclic) bond motifs is 3. The molecule has 1 aromatic heterocycles. The van der Waals surface area contributed by atoms with Gasteiger partial charge in [0.2, 0.25) is 0 Å². The van der Waals surface area contributed by atoms with Crippen LogP contribution in [0.15, 0.2) is 97.4 Å². The van der Waals surface area contributed by atoms with Crippen LogP contribution in [0.25, 0.3) is 11.0 Å². The minimum atomic E-state index is -4.35. The average Bonchev–Trinajstić information content (AvgIpc) is 3.05. The Morgan fingerprint density at radius 1 is 0.900 bits per heavy atom. The number of aliphatic hydroxyl groups is 1. The summed E-state index contributed by atoms with van der Waals surface area (Å²) in [6, 6.07) is 17.9. The number of nitrogens with zero attached hydrogens (tertiary/aromatic N) is 3. The molecule has 2 N–H and O–H groups in total. The highest BCUT2D eigenvalue weighted by Crippen LogP contribution is 2.49. The van der Waals surface area contributed by atoms with Crippen LogP contribution in [0, 0.1) is 0 Å². The molecule has 6 rings (SSSR count). The molecule has 2 aliphatic heterocycles. The Kier molecular flexibility index (Phi) is 15.4. The Bertz CT molecular complexity index is 1800. The molecular formula is C36H42Cl2F3N3O5S. The number of rotatable bonds is 9. The lowest BCUT2D eigenvalue weighted by Gasteiger charge is -2.36. The number of allylic oxidation sites excluding steroid dienone is 1. The summed E-state index contributed by atoms with van der Waals surface area (Å²) in [5, 5.41) is 19.5. The Balaban J connectivity index is 0.000000292. The predicted molar refractivity (Wildman–Crippen MR) is 197 cm³/mol. The second-order valence-electron chi connectivity index (χ2n) is 11.9. The molecule has 0 spiro atoms. The molecular weight excluding hydrogens is 714 g/mol. The molecule has 0 amide bonds. The standard InChI is InChI=1S/C22H26F3N3OS.C14H14O4.2ClH/c23-22(24,25)17-6-7-21-19(16-17)28(18-4-1-2-5-20(18)30-21)9-3-8-26-10-12-27(13-11-26)14-15-29;1-9(2)5-6-17-13-8-12-10(7-11(13)15)3-4-14(16)18-12;;/h1-2,4-7,16,29H,3,8-15H2;3-5,7-8,15H,6H2,1-2H3;2*1H. The van der Waals surface area contributed by atoms with E-state index in [1.54, 1.807) is 12.1 Å². The summed E-state index contributed by atoms with van der Waals surface area (Å²) in [7, 11) is 0. The van der Waals surface area contributed by atoms with Crippen molar-refractivity contribution in [3.05, 3.63) is 94.4 Å². The zero-order valence-electron chi connectivity index (χ0n) is 27.8.